The third-order valence-electron chi connectivity index (χ3n) is 4.17. The Morgan fingerprint density at radius 1 is 0.900 bits per heavy atom. The Morgan fingerprint density at radius 3 is 2.40 bits per heavy atom. The molecule has 4 rings (SSSR count). The number of nitrogens with one attached hydrogen (secondary N) is 1. The van der Waals surface area contributed by atoms with Crippen LogP contribution in [0.25, 0.3) is 11.3 Å². The first-order valence-corrected chi connectivity index (χ1v) is 10.3. The van der Waals surface area contributed by atoms with Crippen LogP contribution in [-0.4, -0.2) is 25.7 Å². The first kappa shape index (κ1) is 19.5. The molecule has 0 atom stereocenters. The molecule has 0 radical (unpaired) electrons. The van der Waals surface area contributed by atoms with Crippen LogP contribution in [0.5, 0.6) is 17.4 Å². The smallest absolute Gasteiger partial charge is 0.262 e. The number of aromatic nitrogens is 2. The van der Waals surface area contributed by atoms with Crippen LogP contribution in [0.4, 0.5) is 5.69 Å². The van der Waals surface area contributed by atoms with Crippen LogP contribution >= 0.6 is 0 Å². The Hall–Kier alpha value is -3.85. The summed E-state index contributed by atoms with van der Waals surface area (Å²) in [6.07, 6.45) is 2.97. The minimum Gasteiger partial charge on any atom is -0.497 e. The molecule has 1 N–H and O–H groups in total. The average molecular weight is 423 g/mol. The van der Waals surface area contributed by atoms with Crippen LogP contribution < -0.4 is 14.2 Å². The van der Waals surface area contributed by atoms with E-state index in [-0.39, 0.29) is 16.5 Å². The zero-order valence-corrected chi connectivity index (χ0v) is 16.7. The molecule has 0 unspecified atom stereocenters. The van der Waals surface area contributed by atoms with Crippen LogP contribution in [0.2, 0.25) is 0 Å². The Kier molecular flexibility index (Phi) is 5.36. The topological polar surface area (TPSA) is 104 Å². The fraction of sp³-hybridized carbons (Fsp3) is 0.0476. The van der Waals surface area contributed by atoms with Gasteiger partial charge >= 0.3 is 0 Å². The van der Waals surface area contributed by atoms with E-state index >= 15 is 0 Å². The van der Waals surface area contributed by atoms with Gasteiger partial charge in [-0.2, -0.15) is 0 Å². The van der Waals surface area contributed by atoms with Gasteiger partial charge in [0.2, 0.25) is 5.88 Å². The number of benzene rings is 2. The van der Waals surface area contributed by atoms with Gasteiger partial charge in [-0.05, 0) is 48.5 Å². The highest BCUT2D eigenvalue weighted by molar-refractivity contribution is 7.92. The number of hydrogen-bond acceptors (Lipinski definition) is 7. The van der Waals surface area contributed by atoms with Crippen molar-refractivity contribution in [1.82, 2.24) is 10.1 Å². The fourth-order valence-corrected chi connectivity index (χ4v) is 4.03. The lowest BCUT2D eigenvalue weighted by Crippen LogP contribution is -2.15. The lowest BCUT2D eigenvalue weighted by molar-refractivity contribution is 0.412. The SMILES string of the molecule is COc1ccc(Oc2ncccc2NS(=O)(=O)c2ccccc2-c2ccno2)cc1. The van der Waals surface area contributed by atoms with Crippen LogP contribution in [0.3, 0.4) is 0 Å². The van der Waals surface area contributed by atoms with Crippen molar-refractivity contribution < 1.29 is 22.4 Å². The molecule has 0 saturated heterocycles. The van der Waals surface area contributed by atoms with Gasteiger partial charge in [-0.25, -0.2) is 13.4 Å². The van der Waals surface area contributed by atoms with Gasteiger partial charge in [0.1, 0.15) is 17.2 Å². The molecule has 0 amide bonds. The number of hydrogen-bond donors (Lipinski definition) is 1. The van der Waals surface area contributed by atoms with Gasteiger partial charge in [-0.15, -0.1) is 0 Å². The molecule has 0 aliphatic carbocycles. The molecule has 2 aromatic heterocycles. The van der Waals surface area contributed by atoms with Gasteiger partial charge in [0.25, 0.3) is 10.0 Å². The molecule has 4 aromatic rings. The lowest BCUT2D eigenvalue weighted by atomic mass is 10.2. The van der Waals surface area contributed by atoms with Gasteiger partial charge in [0.15, 0.2) is 5.76 Å². The molecule has 0 saturated carbocycles. The minimum absolute atomic E-state index is 0.0426. The van der Waals surface area contributed by atoms with Crippen molar-refractivity contribution in [3.8, 4) is 28.7 Å². The fourth-order valence-electron chi connectivity index (χ4n) is 2.76. The highest BCUT2D eigenvalue weighted by Gasteiger charge is 2.22. The molecule has 0 bridgehead atoms. The van der Waals surface area contributed by atoms with Crippen molar-refractivity contribution in [2.24, 2.45) is 0 Å². The second kappa shape index (κ2) is 8.26. The van der Waals surface area contributed by atoms with Gasteiger partial charge in [0, 0.05) is 17.8 Å². The standard InChI is InChI=1S/C21H17N3O5S/c1-27-15-8-10-16(11-9-15)28-21-18(6-4-13-22-21)24-30(25,26)20-7-3-2-5-17(20)19-12-14-23-29-19/h2-14,24H,1H3. The van der Waals surface area contributed by atoms with Gasteiger partial charge in [0.05, 0.1) is 18.2 Å². The normalized spacial score (nSPS) is 11.1. The Labute approximate surface area is 173 Å². The predicted octanol–water partition coefficient (Wildman–Crippen LogP) is 4.34. The van der Waals surface area contributed by atoms with Crippen molar-refractivity contribution in [2.75, 3.05) is 11.8 Å². The average Bonchev–Trinajstić information content (AvgIpc) is 3.30. The molecule has 8 nitrogen and oxygen atoms in total. The van der Waals surface area contributed by atoms with E-state index in [0.717, 1.165) is 0 Å². The molecule has 9 heteroatoms. The molecule has 152 valence electrons. The highest BCUT2D eigenvalue weighted by Crippen LogP contribution is 2.32. The molecule has 0 fully saturated rings. The van der Waals surface area contributed by atoms with Gasteiger partial charge in [-0.1, -0.05) is 17.3 Å². The maximum absolute atomic E-state index is 13.1. The number of sulfonamides is 1. The van der Waals surface area contributed by atoms with E-state index in [2.05, 4.69) is 14.9 Å². The molecular formula is C21H17N3O5S. The summed E-state index contributed by atoms with van der Waals surface area (Å²) in [5, 5.41) is 3.65. The van der Waals surface area contributed by atoms with E-state index in [4.69, 9.17) is 14.0 Å². The molecule has 30 heavy (non-hydrogen) atoms. The van der Waals surface area contributed by atoms with Gasteiger partial charge in [-0.3, -0.25) is 4.72 Å². The minimum atomic E-state index is -3.97. The highest BCUT2D eigenvalue weighted by atomic mass is 32.2. The molecule has 0 aliphatic heterocycles. The predicted molar refractivity (Wildman–Crippen MR) is 110 cm³/mol. The molecule has 0 aliphatic rings. The third-order valence-corrected chi connectivity index (χ3v) is 5.59. The summed E-state index contributed by atoms with van der Waals surface area (Å²) in [6.45, 7) is 0. The van der Waals surface area contributed by atoms with Crippen LogP contribution in [0.1, 0.15) is 0 Å². The van der Waals surface area contributed by atoms with E-state index in [9.17, 15) is 8.42 Å². The number of nitrogens with zero attached hydrogens (tertiary/aromatic N) is 2. The monoisotopic (exact) mass is 423 g/mol. The summed E-state index contributed by atoms with van der Waals surface area (Å²) in [5.74, 6) is 1.62. The summed E-state index contributed by atoms with van der Waals surface area (Å²) < 4.78 is 44.8. The van der Waals surface area contributed by atoms with Crippen molar-refractivity contribution in [3.05, 3.63) is 79.1 Å². The van der Waals surface area contributed by atoms with Crippen LogP contribution in [0, 0.1) is 0 Å². The lowest BCUT2D eigenvalue weighted by Gasteiger charge is -2.14. The van der Waals surface area contributed by atoms with Crippen molar-refractivity contribution in [2.45, 2.75) is 4.90 Å². The second-order valence-corrected chi connectivity index (χ2v) is 7.76. The summed E-state index contributed by atoms with van der Waals surface area (Å²) in [5.41, 5.74) is 0.588. The molecular weight excluding hydrogens is 406 g/mol. The third kappa shape index (κ3) is 4.11. The Bertz CT molecular complexity index is 1240. The number of methoxy groups -OCH3 is 1. The Balaban J connectivity index is 1.65. The Morgan fingerprint density at radius 2 is 1.67 bits per heavy atom. The number of rotatable bonds is 7. The summed E-state index contributed by atoms with van der Waals surface area (Å²) in [7, 11) is -2.41. The summed E-state index contributed by atoms with van der Waals surface area (Å²) in [4.78, 5) is 4.20. The summed E-state index contributed by atoms with van der Waals surface area (Å²) in [6, 6.07) is 18.1. The maximum atomic E-state index is 13.1. The molecule has 0 spiro atoms. The zero-order valence-electron chi connectivity index (χ0n) is 15.8. The van der Waals surface area contributed by atoms with Crippen LogP contribution in [-0.2, 0) is 10.0 Å². The van der Waals surface area contributed by atoms with Gasteiger partial charge < -0.3 is 14.0 Å². The van der Waals surface area contributed by atoms with Crippen molar-refractivity contribution >= 4 is 15.7 Å². The number of pyridine rings is 1. The van der Waals surface area contributed by atoms with E-state index in [1.54, 1.807) is 67.8 Å². The van der Waals surface area contributed by atoms with E-state index in [1.807, 2.05) is 0 Å². The van der Waals surface area contributed by atoms with Crippen molar-refractivity contribution in [3.63, 3.8) is 0 Å². The first-order chi connectivity index (χ1) is 14.6. The number of ether oxygens (including phenoxy) is 2. The quantitative estimate of drug-likeness (QED) is 0.472. The van der Waals surface area contributed by atoms with E-state index in [0.29, 0.717) is 22.8 Å². The van der Waals surface area contributed by atoms with E-state index < -0.39 is 10.0 Å². The maximum Gasteiger partial charge on any atom is 0.262 e. The second-order valence-electron chi connectivity index (χ2n) is 6.11. The molecule has 2 aromatic carbocycles. The molecule has 2 heterocycles. The van der Waals surface area contributed by atoms with Crippen molar-refractivity contribution in [1.29, 1.82) is 0 Å². The van der Waals surface area contributed by atoms with Crippen LogP contribution in [0.15, 0.2) is 88.5 Å². The van der Waals surface area contributed by atoms with E-state index in [1.165, 1.54) is 18.5 Å². The number of anilines is 1. The first-order valence-electron chi connectivity index (χ1n) is 8.86. The summed E-state index contributed by atoms with van der Waals surface area (Å²) >= 11 is 0. The largest absolute Gasteiger partial charge is 0.497 e. The zero-order chi connectivity index (χ0) is 21.0.